The van der Waals surface area contributed by atoms with Gasteiger partial charge >= 0.3 is 6.18 Å². The number of alkyl halides is 3. The highest BCUT2D eigenvalue weighted by molar-refractivity contribution is 7.16. The van der Waals surface area contributed by atoms with E-state index >= 15 is 0 Å². The van der Waals surface area contributed by atoms with Crippen molar-refractivity contribution in [2.45, 2.75) is 19.6 Å². The zero-order chi connectivity index (χ0) is 20.3. The van der Waals surface area contributed by atoms with Crippen molar-refractivity contribution in [3.05, 3.63) is 63.4 Å². The molecule has 0 aliphatic carbocycles. The van der Waals surface area contributed by atoms with Crippen LogP contribution in [0.2, 0.25) is 5.02 Å². The molecule has 1 aromatic heterocycles. The Hall–Kier alpha value is -2.16. The zero-order valence-corrected chi connectivity index (χ0v) is 16.4. The van der Waals surface area contributed by atoms with Gasteiger partial charge in [-0.3, -0.25) is 4.79 Å². The number of amides is 1. The quantitative estimate of drug-likeness (QED) is 0.527. The molecule has 0 aliphatic rings. The average molecular weight is 429 g/mol. The Morgan fingerprint density at radius 1 is 1.25 bits per heavy atom. The summed E-state index contributed by atoms with van der Waals surface area (Å²) in [5.41, 5.74) is -0.309. The molecule has 1 amide bonds. The highest BCUT2D eigenvalue weighted by Gasteiger charge is 2.30. The normalized spacial score (nSPS) is 12.7. The van der Waals surface area contributed by atoms with Gasteiger partial charge in [0.05, 0.1) is 27.4 Å². The number of hydrogen-bond donors (Lipinski definition) is 0. The lowest BCUT2D eigenvalue weighted by Gasteiger charge is -2.07. The predicted molar refractivity (Wildman–Crippen MR) is 103 cm³/mol. The van der Waals surface area contributed by atoms with Crippen LogP contribution in [0.15, 0.2) is 47.5 Å². The lowest BCUT2D eigenvalue weighted by atomic mass is 10.1. The van der Waals surface area contributed by atoms with Crippen molar-refractivity contribution in [2.75, 3.05) is 13.2 Å². The summed E-state index contributed by atoms with van der Waals surface area (Å²) in [6.45, 7) is 3.20. The van der Waals surface area contributed by atoms with Gasteiger partial charge in [0.1, 0.15) is 0 Å². The number of hydrogen-bond acceptors (Lipinski definition) is 3. The summed E-state index contributed by atoms with van der Waals surface area (Å²) in [5, 5.41) is 0.498. The molecule has 2 aromatic carbocycles. The lowest BCUT2D eigenvalue weighted by molar-refractivity contribution is -0.137. The standard InChI is InChI=1S/C19H16ClF3N2O2S/c1-2-27-10-9-25-16-14(20)7-4-8-15(16)28-18(25)24-17(26)12-5-3-6-13(11-12)19(21,22)23/h3-8,11H,2,9-10H2,1H3. The number of benzene rings is 2. The molecule has 0 atom stereocenters. The summed E-state index contributed by atoms with van der Waals surface area (Å²) in [4.78, 5) is 17.0. The third kappa shape index (κ3) is 4.45. The van der Waals surface area contributed by atoms with E-state index in [1.54, 1.807) is 16.7 Å². The monoisotopic (exact) mass is 428 g/mol. The first-order chi connectivity index (χ1) is 13.3. The Labute approximate surface area is 167 Å². The smallest absolute Gasteiger partial charge is 0.380 e. The minimum absolute atomic E-state index is 0.130. The second-order valence-corrected chi connectivity index (χ2v) is 7.23. The average Bonchev–Trinajstić information content (AvgIpc) is 3.00. The van der Waals surface area contributed by atoms with E-state index in [2.05, 4.69) is 4.99 Å². The molecule has 0 aliphatic heterocycles. The molecule has 0 saturated heterocycles. The Morgan fingerprint density at radius 3 is 2.71 bits per heavy atom. The van der Waals surface area contributed by atoms with Crippen molar-refractivity contribution in [3.8, 4) is 0 Å². The summed E-state index contributed by atoms with van der Waals surface area (Å²) in [6, 6.07) is 9.58. The number of carbonyl (C=O) groups is 1. The molecule has 0 saturated carbocycles. The van der Waals surface area contributed by atoms with Gasteiger partial charge in [-0.25, -0.2) is 0 Å². The molecular formula is C19H16ClF3N2O2S. The lowest BCUT2D eigenvalue weighted by Crippen LogP contribution is -2.20. The fourth-order valence-electron chi connectivity index (χ4n) is 2.66. The van der Waals surface area contributed by atoms with Gasteiger partial charge in [-0.1, -0.05) is 35.1 Å². The van der Waals surface area contributed by atoms with Crippen LogP contribution in [0.4, 0.5) is 13.2 Å². The van der Waals surface area contributed by atoms with Crippen molar-refractivity contribution >= 4 is 39.1 Å². The molecule has 0 spiro atoms. The third-order valence-electron chi connectivity index (χ3n) is 3.95. The summed E-state index contributed by atoms with van der Waals surface area (Å²) in [7, 11) is 0. The number of nitrogens with zero attached hydrogens (tertiary/aromatic N) is 2. The van der Waals surface area contributed by atoms with Crippen LogP contribution in [0, 0.1) is 0 Å². The van der Waals surface area contributed by atoms with E-state index in [1.807, 2.05) is 13.0 Å². The molecule has 148 valence electrons. The number of rotatable bonds is 5. The number of carbonyl (C=O) groups excluding carboxylic acids is 1. The van der Waals surface area contributed by atoms with Crippen LogP contribution in [0.5, 0.6) is 0 Å². The van der Waals surface area contributed by atoms with Gasteiger partial charge in [-0.15, -0.1) is 0 Å². The Morgan fingerprint density at radius 2 is 2.00 bits per heavy atom. The van der Waals surface area contributed by atoms with Crippen molar-refractivity contribution in [2.24, 2.45) is 4.99 Å². The van der Waals surface area contributed by atoms with Crippen LogP contribution in [-0.2, 0) is 17.5 Å². The van der Waals surface area contributed by atoms with Gasteiger partial charge in [0.25, 0.3) is 5.91 Å². The van der Waals surface area contributed by atoms with E-state index < -0.39 is 17.6 Å². The topological polar surface area (TPSA) is 43.6 Å². The van der Waals surface area contributed by atoms with Crippen LogP contribution in [0.1, 0.15) is 22.8 Å². The van der Waals surface area contributed by atoms with Crippen LogP contribution in [-0.4, -0.2) is 23.7 Å². The van der Waals surface area contributed by atoms with Crippen LogP contribution in [0.3, 0.4) is 0 Å². The third-order valence-corrected chi connectivity index (χ3v) is 5.30. The highest BCUT2D eigenvalue weighted by Crippen LogP contribution is 2.30. The number of fused-ring (bicyclic) bond motifs is 1. The second kappa shape index (κ2) is 8.46. The Bertz CT molecular complexity index is 1070. The van der Waals surface area contributed by atoms with E-state index in [4.69, 9.17) is 16.3 Å². The fourth-order valence-corrected chi connectivity index (χ4v) is 4.07. The van der Waals surface area contributed by atoms with Crippen molar-refractivity contribution < 1.29 is 22.7 Å². The van der Waals surface area contributed by atoms with Gasteiger partial charge in [0.15, 0.2) is 4.80 Å². The number of para-hydroxylation sites is 1. The predicted octanol–water partition coefficient (Wildman–Crippen LogP) is 5.15. The molecule has 4 nitrogen and oxygen atoms in total. The van der Waals surface area contributed by atoms with Gasteiger partial charge in [-0.2, -0.15) is 18.2 Å². The summed E-state index contributed by atoms with van der Waals surface area (Å²) >= 11 is 7.55. The minimum Gasteiger partial charge on any atom is -0.380 e. The van der Waals surface area contributed by atoms with Crippen molar-refractivity contribution in [1.82, 2.24) is 4.57 Å². The maximum absolute atomic E-state index is 12.9. The summed E-state index contributed by atoms with van der Waals surface area (Å²) < 4.78 is 46.7. The molecule has 0 N–H and O–H groups in total. The van der Waals surface area contributed by atoms with Crippen molar-refractivity contribution in [3.63, 3.8) is 0 Å². The van der Waals surface area contributed by atoms with E-state index in [1.165, 1.54) is 23.5 Å². The Balaban J connectivity index is 2.07. The molecule has 1 heterocycles. The van der Waals surface area contributed by atoms with Crippen LogP contribution < -0.4 is 4.80 Å². The number of ether oxygens (including phenoxy) is 1. The zero-order valence-electron chi connectivity index (χ0n) is 14.8. The van der Waals surface area contributed by atoms with Gasteiger partial charge in [-0.05, 0) is 37.3 Å². The number of halogens is 4. The van der Waals surface area contributed by atoms with Gasteiger partial charge in [0.2, 0.25) is 0 Å². The van der Waals surface area contributed by atoms with E-state index in [0.29, 0.717) is 35.1 Å². The molecule has 3 aromatic rings. The number of aromatic nitrogens is 1. The van der Waals surface area contributed by atoms with Gasteiger partial charge < -0.3 is 9.30 Å². The molecule has 0 unspecified atom stereocenters. The molecule has 0 radical (unpaired) electrons. The fraction of sp³-hybridized carbons (Fsp3) is 0.263. The maximum atomic E-state index is 12.9. The first-order valence-corrected chi connectivity index (χ1v) is 9.62. The Kier molecular flexibility index (Phi) is 6.22. The largest absolute Gasteiger partial charge is 0.416 e. The second-order valence-electron chi connectivity index (χ2n) is 5.82. The molecule has 3 rings (SSSR count). The highest BCUT2D eigenvalue weighted by atomic mass is 35.5. The van der Waals surface area contributed by atoms with E-state index in [9.17, 15) is 18.0 Å². The van der Waals surface area contributed by atoms with Crippen molar-refractivity contribution in [1.29, 1.82) is 0 Å². The van der Waals surface area contributed by atoms with Crippen LogP contribution >= 0.6 is 22.9 Å². The molecule has 28 heavy (non-hydrogen) atoms. The molecule has 9 heteroatoms. The summed E-state index contributed by atoms with van der Waals surface area (Å²) in [6.07, 6.45) is -4.53. The van der Waals surface area contributed by atoms with E-state index in [-0.39, 0.29) is 5.56 Å². The SMILES string of the molecule is CCOCCn1c(=NC(=O)c2cccc(C(F)(F)F)c2)sc2cccc(Cl)c21. The number of thiazole rings is 1. The molecular weight excluding hydrogens is 413 g/mol. The van der Waals surface area contributed by atoms with E-state index in [0.717, 1.165) is 16.8 Å². The minimum atomic E-state index is -4.53. The van der Waals surface area contributed by atoms with Gasteiger partial charge in [0, 0.05) is 18.7 Å². The first kappa shape index (κ1) is 20.6. The molecule has 0 fully saturated rings. The molecule has 0 bridgehead atoms. The maximum Gasteiger partial charge on any atom is 0.416 e. The first-order valence-electron chi connectivity index (χ1n) is 8.43. The van der Waals surface area contributed by atoms with Crippen LogP contribution in [0.25, 0.3) is 10.2 Å². The summed E-state index contributed by atoms with van der Waals surface area (Å²) in [5.74, 6) is -0.751.